The second-order valence-electron chi connectivity index (χ2n) is 7.76. The summed E-state index contributed by atoms with van der Waals surface area (Å²) in [4.78, 5) is 10.5. The molecule has 0 spiro atoms. The fraction of sp³-hybridized carbons (Fsp3) is 0.773. The molecule has 0 bridgehead atoms. The van der Waals surface area contributed by atoms with Crippen LogP contribution in [0.1, 0.15) is 77.6 Å². The molecule has 0 radical (unpaired) electrons. The number of hydrogen-bond acceptors (Lipinski definition) is 4. The van der Waals surface area contributed by atoms with Gasteiger partial charge in [0.1, 0.15) is 0 Å². The Hall–Kier alpha value is -1.17. The third kappa shape index (κ3) is 10.1. The number of carboxylic acid groups (broad SMARTS) is 1. The van der Waals surface area contributed by atoms with E-state index in [9.17, 15) is 20.1 Å². The van der Waals surface area contributed by atoms with Crippen LogP contribution in [0.3, 0.4) is 0 Å². The second-order valence-corrected chi connectivity index (χ2v) is 7.76. The Morgan fingerprint density at radius 3 is 2.56 bits per heavy atom. The summed E-state index contributed by atoms with van der Waals surface area (Å²) >= 11 is 0. The molecule has 0 aromatic carbocycles. The van der Waals surface area contributed by atoms with Gasteiger partial charge in [0.15, 0.2) is 0 Å². The number of aliphatic hydroxyl groups is 3. The lowest BCUT2D eigenvalue weighted by molar-refractivity contribution is -0.137. The van der Waals surface area contributed by atoms with Gasteiger partial charge in [0, 0.05) is 18.8 Å². The van der Waals surface area contributed by atoms with Crippen LogP contribution in [-0.4, -0.2) is 44.7 Å². The van der Waals surface area contributed by atoms with Crippen LogP contribution in [-0.2, 0) is 4.79 Å². The van der Waals surface area contributed by atoms with Gasteiger partial charge in [0.2, 0.25) is 0 Å². The first kappa shape index (κ1) is 23.9. The minimum absolute atomic E-state index is 0.0256. The highest BCUT2D eigenvalue weighted by atomic mass is 16.4. The van der Waals surface area contributed by atoms with Crippen LogP contribution in [0.15, 0.2) is 24.3 Å². The molecule has 156 valence electrons. The Morgan fingerprint density at radius 2 is 1.85 bits per heavy atom. The van der Waals surface area contributed by atoms with Crippen molar-refractivity contribution in [2.45, 2.75) is 95.9 Å². The van der Waals surface area contributed by atoms with Gasteiger partial charge in [-0.05, 0) is 38.0 Å². The number of rotatable bonds is 14. The average molecular weight is 383 g/mol. The summed E-state index contributed by atoms with van der Waals surface area (Å²) in [6.45, 7) is 2.13. The Kier molecular flexibility index (Phi) is 12.3. The first-order valence-corrected chi connectivity index (χ1v) is 10.5. The number of allylic oxidation sites excluding steroid dienone is 2. The zero-order chi connectivity index (χ0) is 20.1. The molecular formula is C22H38O5. The SMILES string of the molecule is CCCCCC(O)/C=C/[C@H]1C(O)CC(O)C1C/C=C\CCCCCC(=O)O. The molecule has 1 rings (SSSR count). The maximum absolute atomic E-state index is 10.5. The largest absolute Gasteiger partial charge is 0.481 e. The molecule has 5 nitrogen and oxygen atoms in total. The predicted octanol–water partition coefficient (Wildman–Crippen LogP) is 3.82. The summed E-state index contributed by atoms with van der Waals surface area (Å²) in [5, 5.41) is 39.1. The summed E-state index contributed by atoms with van der Waals surface area (Å²) in [6.07, 6.45) is 15.0. The average Bonchev–Trinajstić information content (AvgIpc) is 2.88. The molecule has 0 saturated heterocycles. The van der Waals surface area contributed by atoms with Crippen molar-refractivity contribution < 1.29 is 25.2 Å². The minimum atomic E-state index is -0.742. The number of aliphatic hydroxyl groups excluding tert-OH is 3. The molecule has 0 heterocycles. The van der Waals surface area contributed by atoms with Gasteiger partial charge >= 0.3 is 5.97 Å². The van der Waals surface area contributed by atoms with E-state index < -0.39 is 24.3 Å². The number of unbranched alkanes of at least 4 members (excludes halogenated alkanes) is 5. The van der Waals surface area contributed by atoms with Gasteiger partial charge in [-0.2, -0.15) is 0 Å². The van der Waals surface area contributed by atoms with E-state index in [0.29, 0.717) is 19.3 Å². The molecule has 1 fully saturated rings. The minimum Gasteiger partial charge on any atom is -0.481 e. The lowest BCUT2D eigenvalue weighted by Crippen LogP contribution is -2.20. The Labute approximate surface area is 163 Å². The van der Waals surface area contributed by atoms with Crippen molar-refractivity contribution in [1.82, 2.24) is 0 Å². The van der Waals surface area contributed by atoms with Crippen molar-refractivity contribution in [3.63, 3.8) is 0 Å². The summed E-state index contributed by atoms with van der Waals surface area (Å²) < 4.78 is 0. The fourth-order valence-corrected chi connectivity index (χ4v) is 3.75. The lowest BCUT2D eigenvalue weighted by Gasteiger charge is -2.19. The van der Waals surface area contributed by atoms with Gasteiger partial charge in [-0.3, -0.25) is 4.79 Å². The summed E-state index contributed by atoms with van der Waals surface area (Å²) in [5.74, 6) is -0.891. The fourth-order valence-electron chi connectivity index (χ4n) is 3.75. The molecule has 1 saturated carbocycles. The molecule has 1 aliphatic rings. The van der Waals surface area contributed by atoms with Crippen LogP contribution in [0.2, 0.25) is 0 Å². The lowest BCUT2D eigenvalue weighted by atomic mass is 9.89. The van der Waals surface area contributed by atoms with Crippen LogP contribution in [0.4, 0.5) is 0 Å². The van der Waals surface area contributed by atoms with Crippen molar-refractivity contribution in [2.75, 3.05) is 0 Å². The van der Waals surface area contributed by atoms with E-state index in [0.717, 1.165) is 44.9 Å². The van der Waals surface area contributed by atoms with Crippen molar-refractivity contribution >= 4 is 5.97 Å². The van der Waals surface area contributed by atoms with Crippen molar-refractivity contribution in [3.05, 3.63) is 24.3 Å². The molecule has 0 amide bonds. The van der Waals surface area contributed by atoms with Crippen LogP contribution < -0.4 is 0 Å². The standard InChI is InChI=1S/C22H38O5/c1-2-3-8-11-17(23)14-15-19-18(20(24)16-21(19)25)12-9-6-4-5-7-10-13-22(26)27/h6,9,14-15,17-21,23-25H,2-5,7-8,10-13,16H2,1H3,(H,26,27)/b9-6-,15-14+/t17?,18?,19-,20?,21?/m1/s1. The number of carbonyl (C=O) groups is 1. The van der Waals surface area contributed by atoms with Gasteiger partial charge in [-0.1, -0.05) is 56.9 Å². The van der Waals surface area contributed by atoms with Crippen LogP contribution >= 0.6 is 0 Å². The summed E-state index contributed by atoms with van der Waals surface area (Å²) in [6, 6.07) is 0. The smallest absolute Gasteiger partial charge is 0.303 e. The molecule has 5 atom stereocenters. The molecule has 0 aromatic rings. The third-order valence-electron chi connectivity index (χ3n) is 5.41. The van der Waals surface area contributed by atoms with E-state index in [2.05, 4.69) is 19.1 Å². The molecule has 1 aliphatic carbocycles. The predicted molar refractivity (Wildman–Crippen MR) is 107 cm³/mol. The van der Waals surface area contributed by atoms with Crippen molar-refractivity contribution in [1.29, 1.82) is 0 Å². The van der Waals surface area contributed by atoms with E-state index in [1.807, 2.05) is 6.08 Å². The Bertz CT molecular complexity index is 460. The molecule has 0 aliphatic heterocycles. The highest BCUT2D eigenvalue weighted by molar-refractivity contribution is 5.66. The van der Waals surface area contributed by atoms with Gasteiger partial charge < -0.3 is 20.4 Å². The second kappa shape index (κ2) is 13.9. The first-order chi connectivity index (χ1) is 13.0. The first-order valence-electron chi connectivity index (χ1n) is 10.5. The Balaban J connectivity index is 2.37. The highest BCUT2D eigenvalue weighted by Gasteiger charge is 2.39. The molecule has 4 unspecified atom stereocenters. The maximum atomic E-state index is 10.5. The number of hydrogen-bond donors (Lipinski definition) is 4. The quantitative estimate of drug-likeness (QED) is 0.270. The summed E-state index contributed by atoms with van der Waals surface area (Å²) in [7, 11) is 0. The van der Waals surface area contributed by atoms with Crippen LogP contribution in [0.5, 0.6) is 0 Å². The van der Waals surface area contributed by atoms with Crippen molar-refractivity contribution in [2.24, 2.45) is 11.8 Å². The molecule has 5 heteroatoms. The van der Waals surface area contributed by atoms with Gasteiger partial charge in [0.25, 0.3) is 0 Å². The normalized spacial score (nSPS) is 27.0. The maximum Gasteiger partial charge on any atom is 0.303 e. The monoisotopic (exact) mass is 382 g/mol. The molecule has 4 N–H and O–H groups in total. The zero-order valence-corrected chi connectivity index (χ0v) is 16.7. The van der Waals surface area contributed by atoms with E-state index in [1.54, 1.807) is 6.08 Å². The Morgan fingerprint density at radius 1 is 1.07 bits per heavy atom. The third-order valence-corrected chi connectivity index (χ3v) is 5.41. The van der Waals surface area contributed by atoms with E-state index in [-0.39, 0.29) is 18.3 Å². The number of aliphatic carboxylic acids is 1. The van der Waals surface area contributed by atoms with Crippen LogP contribution in [0.25, 0.3) is 0 Å². The van der Waals surface area contributed by atoms with E-state index >= 15 is 0 Å². The molecule has 0 aromatic heterocycles. The molecule has 27 heavy (non-hydrogen) atoms. The summed E-state index contributed by atoms with van der Waals surface area (Å²) in [5.41, 5.74) is 0. The van der Waals surface area contributed by atoms with Gasteiger partial charge in [-0.15, -0.1) is 0 Å². The number of carboxylic acids is 1. The van der Waals surface area contributed by atoms with Crippen molar-refractivity contribution in [3.8, 4) is 0 Å². The highest BCUT2D eigenvalue weighted by Crippen LogP contribution is 2.36. The molecular weight excluding hydrogens is 344 g/mol. The van der Waals surface area contributed by atoms with Gasteiger partial charge in [0.05, 0.1) is 18.3 Å². The van der Waals surface area contributed by atoms with E-state index in [1.165, 1.54) is 0 Å². The van der Waals surface area contributed by atoms with Crippen LogP contribution in [0, 0.1) is 11.8 Å². The van der Waals surface area contributed by atoms with E-state index in [4.69, 9.17) is 5.11 Å². The topological polar surface area (TPSA) is 98.0 Å². The zero-order valence-electron chi connectivity index (χ0n) is 16.7. The van der Waals surface area contributed by atoms with Gasteiger partial charge in [-0.25, -0.2) is 0 Å².